The number of β-amino-alcohol motifs (C(OH)–C–C–N with tert-alkyl or cyclic N) is 1. The highest BCUT2D eigenvalue weighted by Crippen LogP contribution is 2.30. The van der Waals surface area contributed by atoms with Gasteiger partial charge < -0.3 is 19.6 Å². The fourth-order valence-corrected chi connectivity index (χ4v) is 5.07. The van der Waals surface area contributed by atoms with Gasteiger partial charge in [-0.1, -0.05) is 6.07 Å². The summed E-state index contributed by atoms with van der Waals surface area (Å²) in [6.45, 7) is 6.55. The maximum Gasteiger partial charge on any atom is 0.181 e. The Bertz CT molecular complexity index is 1240. The average molecular weight is 539 g/mol. The number of aliphatic hydroxyl groups excluding tert-OH is 1. The second-order valence-electron chi connectivity index (χ2n) is 10.3. The van der Waals surface area contributed by atoms with Gasteiger partial charge in [0.25, 0.3) is 0 Å². The minimum Gasteiger partial charge on any atom is -0.485 e. The molecule has 204 valence electrons. The van der Waals surface area contributed by atoms with Crippen LogP contribution in [0.3, 0.4) is 0 Å². The molecular formula is C29H38N4O4S. The summed E-state index contributed by atoms with van der Waals surface area (Å²) in [4.78, 5) is 23.3. The second kappa shape index (κ2) is 12.8. The number of hydrogen-bond acceptors (Lipinski definition) is 8. The number of nitrogens with zero attached hydrogens (tertiary/aromatic N) is 3. The molecule has 2 aromatic heterocycles. The third-order valence-electron chi connectivity index (χ3n) is 7.62. The van der Waals surface area contributed by atoms with E-state index in [9.17, 15) is 9.90 Å². The number of aromatic nitrogens is 2. The Kier molecular flexibility index (Phi) is 9.46. The van der Waals surface area contributed by atoms with E-state index in [2.05, 4.69) is 33.2 Å². The zero-order valence-corrected chi connectivity index (χ0v) is 23.2. The Hall–Kier alpha value is -2.88. The summed E-state index contributed by atoms with van der Waals surface area (Å²) in [6.07, 6.45) is 7.79. The number of aryl methyl sites for hydroxylation is 1. The summed E-state index contributed by atoms with van der Waals surface area (Å²) in [6, 6.07) is 8.38. The molecule has 0 spiro atoms. The highest BCUT2D eigenvalue weighted by molar-refractivity contribution is 7.59. The van der Waals surface area contributed by atoms with Crippen molar-refractivity contribution in [1.82, 2.24) is 14.9 Å². The molecule has 3 heterocycles. The van der Waals surface area contributed by atoms with Crippen LogP contribution in [-0.2, 0) is 19.6 Å². The SMILES string of the molecule is Cc1ncoc1COc1ccc2c(c1C)CCN(C[C@@H](O)CCC(=O)c1cc(NC3CCC3)ccn1)C2.S. The number of ketones is 1. The minimum absolute atomic E-state index is 0. The Morgan fingerprint density at radius 1 is 1.26 bits per heavy atom. The monoisotopic (exact) mass is 538 g/mol. The number of oxazole rings is 1. The summed E-state index contributed by atoms with van der Waals surface area (Å²) in [5.74, 6) is 1.58. The predicted molar refractivity (Wildman–Crippen MR) is 151 cm³/mol. The Labute approximate surface area is 231 Å². The molecule has 1 aliphatic heterocycles. The molecule has 8 nitrogen and oxygen atoms in total. The van der Waals surface area contributed by atoms with Gasteiger partial charge in [0.1, 0.15) is 18.1 Å². The molecule has 0 saturated heterocycles. The molecule has 1 aliphatic carbocycles. The van der Waals surface area contributed by atoms with E-state index in [0.29, 0.717) is 31.3 Å². The van der Waals surface area contributed by atoms with Crippen molar-refractivity contribution in [2.24, 2.45) is 0 Å². The summed E-state index contributed by atoms with van der Waals surface area (Å²) >= 11 is 0. The van der Waals surface area contributed by atoms with Crippen molar-refractivity contribution in [3.05, 3.63) is 70.7 Å². The normalized spacial score (nSPS) is 16.2. The number of Topliss-reactive ketones (excluding diaryl/α,β-unsaturated/α-hetero) is 1. The first kappa shape index (κ1) is 28.1. The van der Waals surface area contributed by atoms with Gasteiger partial charge in [0.15, 0.2) is 17.9 Å². The van der Waals surface area contributed by atoms with Crippen LogP contribution in [-0.4, -0.2) is 51.0 Å². The van der Waals surface area contributed by atoms with Crippen LogP contribution in [0.4, 0.5) is 5.69 Å². The highest BCUT2D eigenvalue weighted by atomic mass is 32.1. The lowest BCUT2D eigenvalue weighted by Crippen LogP contribution is -2.37. The smallest absolute Gasteiger partial charge is 0.181 e. The van der Waals surface area contributed by atoms with E-state index in [1.807, 2.05) is 25.1 Å². The lowest BCUT2D eigenvalue weighted by Gasteiger charge is -2.31. The number of anilines is 1. The van der Waals surface area contributed by atoms with Crippen molar-refractivity contribution in [2.75, 3.05) is 18.4 Å². The van der Waals surface area contributed by atoms with Gasteiger partial charge in [0.05, 0.1) is 11.8 Å². The lowest BCUT2D eigenvalue weighted by molar-refractivity contribution is 0.0833. The fourth-order valence-electron chi connectivity index (χ4n) is 5.07. The Morgan fingerprint density at radius 3 is 2.84 bits per heavy atom. The van der Waals surface area contributed by atoms with Gasteiger partial charge in [0, 0.05) is 44.0 Å². The number of fused-ring (bicyclic) bond motifs is 1. The minimum atomic E-state index is -0.560. The summed E-state index contributed by atoms with van der Waals surface area (Å²) in [5.41, 5.74) is 5.99. The number of benzene rings is 1. The third kappa shape index (κ3) is 6.76. The van der Waals surface area contributed by atoms with Crippen molar-refractivity contribution < 1.29 is 19.1 Å². The standard InChI is InChI=1S/C29H36N4O4.H2S/c1-19-25-11-13-33(15-21(25)6-9-28(19)36-17-29-20(2)31-18-37-29)16-24(34)7-8-27(35)26-14-23(10-12-30-26)32-22-4-3-5-22;/h6,9-10,12,14,18,22,24,34H,3-5,7-8,11,13,15-17H2,1-2H3,(H,30,32);1H2/t24-;/m0./s1. The predicted octanol–water partition coefficient (Wildman–Crippen LogP) is 4.72. The van der Waals surface area contributed by atoms with Crippen molar-refractivity contribution in [2.45, 2.75) is 77.7 Å². The number of aliphatic hydroxyl groups is 1. The molecule has 0 bridgehead atoms. The van der Waals surface area contributed by atoms with E-state index < -0.39 is 6.10 Å². The van der Waals surface area contributed by atoms with Gasteiger partial charge in [0.2, 0.25) is 0 Å². The largest absolute Gasteiger partial charge is 0.485 e. The van der Waals surface area contributed by atoms with Crippen LogP contribution in [0, 0.1) is 13.8 Å². The van der Waals surface area contributed by atoms with Gasteiger partial charge in [-0.2, -0.15) is 13.5 Å². The maximum atomic E-state index is 12.7. The molecule has 0 amide bonds. The Balaban J connectivity index is 0.00000336. The van der Waals surface area contributed by atoms with E-state index in [1.165, 1.54) is 36.8 Å². The van der Waals surface area contributed by atoms with E-state index in [-0.39, 0.29) is 25.7 Å². The topological polar surface area (TPSA) is 101 Å². The lowest BCUT2D eigenvalue weighted by atomic mass is 9.93. The van der Waals surface area contributed by atoms with Crippen LogP contribution < -0.4 is 10.1 Å². The highest BCUT2D eigenvalue weighted by Gasteiger charge is 2.23. The Morgan fingerprint density at radius 2 is 2.11 bits per heavy atom. The number of rotatable bonds is 11. The van der Waals surface area contributed by atoms with Gasteiger partial charge in [-0.25, -0.2) is 4.98 Å². The number of pyridine rings is 1. The van der Waals surface area contributed by atoms with Crippen LogP contribution >= 0.6 is 13.5 Å². The molecule has 0 radical (unpaired) electrons. The number of hydrogen-bond donors (Lipinski definition) is 2. The molecule has 2 N–H and O–H groups in total. The average Bonchev–Trinajstić information content (AvgIpc) is 3.29. The first-order valence-corrected chi connectivity index (χ1v) is 13.3. The number of carbonyl (C=O) groups excluding carboxylic acids is 1. The third-order valence-corrected chi connectivity index (χ3v) is 7.62. The van der Waals surface area contributed by atoms with Crippen molar-refractivity contribution in [3.8, 4) is 5.75 Å². The fraction of sp³-hybridized carbons (Fsp3) is 0.483. The first-order valence-electron chi connectivity index (χ1n) is 13.3. The zero-order valence-electron chi connectivity index (χ0n) is 22.2. The molecular weight excluding hydrogens is 500 g/mol. The van der Waals surface area contributed by atoms with E-state index >= 15 is 0 Å². The number of ether oxygens (including phenoxy) is 1. The molecule has 9 heteroatoms. The molecule has 1 aromatic carbocycles. The van der Waals surface area contributed by atoms with Crippen molar-refractivity contribution >= 4 is 25.0 Å². The van der Waals surface area contributed by atoms with Crippen molar-refractivity contribution in [1.29, 1.82) is 0 Å². The summed E-state index contributed by atoms with van der Waals surface area (Å²) < 4.78 is 11.4. The van der Waals surface area contributed by atoms with Crippen LogP contribution in [0.15, 0.2) is 41.3 Å². The molecule has 1 fully saturated rings. The van der Waals surface area contributed by atoms with E-state index in [4.69, 9.17) is 9.15 Å². The molecule has 1 atom stereocenters. The molecule has 2 aliphatic rings. The van der Waals surface area contributed by atoms with Crippen LogP contribution in [0.25, 0.3) is 0 Å². The molecule has 5 rings (SSSR count). The van der Waals surface area contributed by atoms with Gasteiger partial charge in [-0.15, -0.1) is 0 Å². The number of carbonyl (C=O) groups is 1. The van der Waals surface area contributed by atoms with Crippen LogP contribution in [0.2, 0.25) is 0 Å². The van der Waals surface area contributed by atoms with Crippen molar-refractivity contribution in [3.63, 3.8) is 0 Å². The first-order chi connectivity index (χ1) is 18.0. The van der Waals surface area contributed by atoms with E-state index in [0.717, 1.165) is 48.0 Å². The second-order valence-corrected chi connectivity index (χ2v) is 10.3. The quantitative estimate of drug-likeness (QED) is 0.338. The van der Waals surface area contributed by atoms with E-state index in [1.54, 1.807) is 6.20 Å². The summed E-state index contributed by atoms with van der Waals surface area (Å²) in [7, 11) is 0. The molecule has 0 unspecified atom stereocenters. The number of nitrogens with one attached hydrogen (secondary N) is 1. The maximum absolute atomic E-state index is 12.7. The molecule has 3 aromatic rings. The van der Waals surface area contributed by atoms with Crippen LogP contribution in [0.1, 0.15) is 70.7 Å². The van der Waals surface area contributed by atoms with Gasteiger partial charge in [-0.3, -0.25) is 14.7 Å². The molecule has 38 heavy (non-hydrogen) atoms. The van der Waals surface area contributed by atoms with Gasteiger partial charge >= 0.3 is 0 Å². The van der Waals surface area contributed by atoms with Crippen LogP contribution in [0.5, 0.6) is 5.75 Å². The summed E-state index contributed by atoms with van der Waals surface area (Å²) in [5, 5.41) is 14.1. The molecule has 1 saturated carbocycles. The van der Waals surface area contributed by atoms with Gasteiger partial charge in [-0.05, 0) is 80.8 Å². The zero-order chi connectivity index (χ0) is 25.8.